The summed E-state index contributed by atoms with van der Waals surface area (Å²) >= 11 is 0. The molecule has 1 unspecified atom stereocenters. The van der Waals surface area contributed by atoms with Crippen molar-refractivity contribution in [2.75, 3.05) is 6.26 Å². The molecule has 0 amide bonds. The van der Waals surface area contributed by atoms with Gasteiger partial charge in [0.1, 0.15) is 0 Å². The van der Waals surface area contributed by atoms with Crippen LogP contribution in [0.4, 0.5) is 0 Å². The standard InChI is InChI=1S/C44H40N4OS/c1-24-20-26(3)40(27(4)21-24)43-36-14-12-32(45-36)33-13-15-37(46-33)44(41-28(5)22-25(2)23-29(41)6)39-19-17-35(48-39)42(34-16-18-38(43)47-34)30-8-10-31(11-9-30)50(7)49/h8-23,45-47H,1-7H3. The van der Waals surface area contributed by atoms with Gasteiger partial charge in [-0.1, -0.05) is 47.5 Å². The number of aryl methyl sites for hydroxylation is 6. The summed E-state index contributed by atoms with van der Waals surface area (Å²) in [6.07, 6.45) is 5.98. The van der Waals surface area contributed by atoms with E-state index in [1.165, 1.54) is 44.5 Å². The average molecular weight is 673 g/mol. The molecule has 50 heavy (non-hydrogen) atoms. The van der Waals surface area contributed by atoms with E-state index in [4.69, 9.17) is 4.98 Å². The number of hydrogen-bond donors (Lipinski definition) is 3. The van der Waals surface area contributed by atoms with Gasteiger partial charge in [-0.3, -0.25) is 4.21 Å². The summed E-state index contributed by atoms with van der Waals surface area (Å²) in [5.41, 5.74) is 21.7. The van der Waals surface area contributed by atoms with Gasteiger partial charge in [0.05, 0.1) is 22.4 Å². The van der Waals surface area contributed by atoms with Gasteiger partial charge in [-0.05, 0) is 141 Å². The van der Waals surface area contributed by atoms with Gasteiger partial charge >= 0.3 is 0 Å². The minimum atomic E-state index is -1.08. The maximum Gasteiger partial charge on any atom is 0.0737 e. The van der Waals surface area contributed by atoms with Crippen LogP contribution in [0, 0.1) is 41.5 Å². The fourth-order valence-electron chi connectivity index (χ4n) is 7.94. The molecular weight excluding hydrogens is 633 g/mol. The van der Waals surface area contributed by atoms with Crippen molar-refractivity contribution in [2.45, 2.75) is 46.4 Å². The Hall–Kier alpha value is -5.46. The lowest BCUT2D eigenvalue weighted by molar-refractivity contribution is 0.687. The topological polar surface area (TPSA) is 77.3 Å². The zero-order valence-electron chi connectivity index (χ0n) is 29.5. The Morgan fingerprint density at radius 2 is 0.840 bits per heavy atom. The SMILES string of the molecule is Cc1cc(C)c(-c2c3nc(c(-c4ccc(S(C)=O)cc4)c4ccc([nH]4)c(-c4c(C)cc(C)cc4C)c4ccc([nH]4)c4ccc2[nH]4)C=C3)c(C)c1. The molecule has 4 aromatic heterocycles. The predicted octanol–water partition coefficient (Wildman–Crippen LogP) is 11.3. The van der Waals surface area contributed by atoms with Crippen LogP contribution in [0.25, 0.3) is 78.6 Å². The maximum atomic E-state index is 12.3. The van der Waals surface area contributed by atoms with Crippen LogP contribution in [-0.4, -0.2) is 30.4 Å². The minimum absolute atomic E-state index is 0.793. The molecule has 0 saturated heterocycles. The molecule has 6 heteroatoms. The molecule has 0 saturated carbocycles. The highest BCUT2D eigenvalue weighted by Crippen LogP contribution is 2.39. The fourth-order valence-corrected chi connectivity index (χ4v) is 8.46. The van der Waals surface area contributed by atoms with E-state index in [0.717, 1.165) is 71.6 Å². The average Bonchev–Trinajstić information content (AvgIpc) is 3.89. The van der Waals surface area contributed by atoms with Crippen LogP contribution in [0.1, 0.15) is 44.8 Å². The number of aromatic amines is 3. The Kier molecular flexibility index (Phi) is 7.72. The van der Waals surface area contributed by atoms with E-state index < -0.39 is 10.8 Å². The monoisotopic (exact) mass is 672 g/mol. The molecule has 0 spiro atoms. The van der Waals surface area contributed by atoms with Gasteiger partial charge in [-0.2, -0.15) is 0 Å². The number of nitrogens with zero attached hydrogens (tertiary/aromatic N) is 1. The summed E-state index contributed by atoms with van der Waals surface area (Å²) in [4.78, 5) is 17.6. The molecule has 0 aliphatic carbocycles. The van der Waals surface area contributed by atoms with Crippen molar-refractivity contribution < 1.29 is 4.21 Å². The normalized spacial score (nSPS) is 12.6. The minimum Gasteiger partial charge on any atom is -0.354 e. The molecule has 0 fully saturated rings. The van der Waals surface area contributed by atoms with Gasteiger partial charge in [0.2, 0.25) is 0 Å². The van der Waals surface area contributed by atoms with Gasteiger partial charge in [0, 0.05) is 60.7 Å². The number of H-pyrrole nitrogens is 3. The van der Waals surface area contributed by atoms with Crippen molar-refractivity contribution >= 4 is 56.1 Å². The van der Waals surface area contributed by atoms with Crippen LogP contribution in [0.3, 0.4) is 0 Å². The first-order valence-electron chi connectivity index (χ1n) is 17.0. The second kappa shape index (κ2) is 12.1. The highest BCUT2D eigenvalue weighted by atomic mass is 32.2. The third-order valence-corrected chi connectivity index (χ3v) is 10.8. The summed E-state index contributed by atoms with van der Waals surface area (Å²) in [6, 6.07) is 30.1. The first-order valence-corrected chi connectivity index (χ1v) is 18.6. The molecule has 1 aliphatic rings. The van der Waals surface area contributed by atoms with E-state index in [1.54, 1.807) is 6.26 Å². The van der Waals surface area contributed by atoms with E-state index in [-0.39, 0.29) is 0 Å². The van der Waals surface area contributed by atoms with E-state index >= 15 is 0 Å². The second-order valence-corrected chi connectivity index (χ2v) is 15.1. The first-order chi connectivity index (χ1) is 24.0. The lowest BCUT2D eigenvalue weighted by Gasteiger charge is -2.13. The third kappa shape index (κ3) is 5.40. The van der Waals surface area contributed by atoms with Crippen molar-refractivity contribution in [1.29, 1.82) is 0 Å². The summed E-state index contributed by atoms with van der Waals surface area (Å²) in [6.45, 7) is 13.1. The van der Waals surface area contributed by atoms with E-state index in [1.807, 2.05) is 12.1 Å². The lowest BCUT2D eigenvalue weighted by atomic mass is 9.92. The Morgan fingerprint density at radius 3 is 1.32 bits per heavy atom. The molecule has 5 nitrogen and oxygen atoms in total. The molecule has 3 aromatic carbocycles. The molecule has 7 aromatic rings. The Balaban J connectivity index is 1.57. The summed E-state index contributed by atoms with van der Waals surface area (Å²) in [5, 5.41) is 0. The van der Waals surface area contributed by atoms with Crippen LogP contribution >= 0.6 is 0 Å². The van der Waals surface area contributed by atoms with Crippen LogP contribution in [0.2, 0.25) is 0 Å². The van der Waals surface area contributed by atoms with E-state index in [9.17, 15) is 4.21 Å². The second-order valence-electron chi connectivity index (χ2n) is 13.7. The molecule has 0 radical (unpaired) electrons. The summed E-state index contributed by atoms with van der Waals surface area (Å²) in [5.74, 6) is 0. The zero-order valence-corrected chi connectivity index (χ0v) is 30.3. The van der Waals surface area contributed by atoms with Gasteiger partial charge < -0.3 is 15.0 Å². The predicted molar refractivity (Wildman–Crippen MR) is 212 cm³/mol. The Labute approximate surface area is 295 Å². The van der Waals surface area contributed by atoms with Gasteiger partial charge in [0.25, 0.3) is 0 Å². The molecule has 1 aliphatic heterocycles. The van der Waals surface area contributed by atoms with Crippen LogP contribution < -0.4 is 0 Å². The molecule has 8 bridgehead atoms. The number of benzene rings is 3. The first kappa shape index (κ1) is 31.8. The lowest BCUT2D eigenvalue weighted by Crippen LogP contribution is -1.94. The van der Waals surface area contributed by atoms with Gasteiger partial charge in [-0.15, -0.1) is 0 Å². The third-order valence-electron chi connectivity index (χ3n) is 9.91. The molecular formula is C44H40N4OS. The highest BCUT2D eigenvalue weighted by molar-refractivity contribution is 7.84. The van der Waals surface area contributed by atoms with Crippen molar-refractivity contribution in [3.8, 4) is 33.4 Å². The number of rotatable bonds is 4. The van der Waals surface area contributed by atoms with Crippen LogP contribution in [0.5, 0.6) is 0 Å². The van der Waals surface area contributed by atoms with Crippen LogP contribution in [0.15, 0.2) is 89.8 Å². The van der Waals surface area contributed by atoms with Crippen molar-refractivity contribution in [2.24, 2.45) is 0 Å². The number of hydrogen-bond acceptors (Lipinski definition) is 2. The van der Waals surface area contributed by atoms with Gasteiger partial charge in [-0.25, -0.2) is 4.98 Å². The molecule has 1 atom stereocenters. The summed E-state index contributed by atoms with van der Waals surface area (Å²) < 4.78 is 12.3. The maximum absolute atomic E-state index is 12.3. The Morgan fingerprint density at radius 1 is 0.460 bits per heavy atom. The van der Waals surface area contributed by atoms with Crippen molar-refractivity contribution in [3.63, 3.8) is 0 Å². The molecule has 248 valence electrons. The van der Waals surface area contributed by atoms with Crippen molar-refractivity contribution in [1.82, 2.24) is 19.9 Å². The molecule has 3 N–H and O–H groups in total. The smallest absolute Gasteiger partial charge is 0.0737 e. The van der Waals surface area contributed by atoms with E-state index in [2.05, 4.69) is 141 Å². The molecule has 8 rings (SSSR count). The van der Waals surface area contributed by atoms with Crippen LogP contribution in [-0.2, 0) is 10.8 Å². The number of nitrogens with one attached hydrogen (secondary N) is 3. The fraction of sp³-hybridized carbons (Fsp3) is 0.159. The number of aromatic nitrogens is 4. The highest BCUT2D eigenvalue weighted by Gasteiger charge is 2.19. The quantitative estimate of drug-likeness (QED) is 0.174. The summed E-state index contributed by atoms with van der Waals surface area (Å²) in [7, 11) is -1.08. The van der Waals surface area contributed by atoms with Crippen molar-refractivity contribution in [3.05, 3.63) is 130 Å². The van der Waals surface area contributed by atoms with Gasteiger partial charge in [0.15, 0.2) is 0 Å². The number of fused-ring (bicyclic) bond motifs is 9. The molecule has 5 heterocycles. The van der Waals surface area contributed by atoms with E-state index in [0.29, 0.717) is 0 Å². The zero-order chi connectivity index (χ0) is 34.8. The largest absolute Gasteiger partial charge is 0.354 e. The Bertz CT molecular complexity index is 2640.